The van der Waals surface area contributed by atoms with Crippen molar-refractivity contribution in [1.29, 1.82) is 0 Å². The third-order valence-corrected chi connectivity index (χ3v) is 1.99. The molecule has 62 valence electrons. The molecular formula is C9H16N2. The van der Waals surface area contributed by atoms with Crippen LogP contribution in [0.4, 0.5) is 0 Å². The molecule has 1 aromatic rings. The van der Waals surface area contributed by atoms with Gasteiger partial charge in [-0.3, -0.25) is 4.68 Å². The van der Waals surface area contributed by atoms with Gasteiger partial charge in [0.15, 0.2) is 0 Å². The van der Waals surface area contributed by atoms with Crippen LogP contribution in [-0.2, 0) is 0 Å². The summed E-state index contributed by atoms with van der Waals surface area (Å²) >= 11 is 0. The fourth-order valence-corrected chi connectivity index (χ4v) is 1.38. The van der Waals surface area contributed by atoms with Crippen molar-refractivity contribution in [3.8, 4) is 0 Å². The normalized spacial score (nSPS) is 13.4. The number of aryl methyl sites for hydroxylation is 1. The molecular weight excluding hydrogens is 136 g/mol. The molecule has 1 heterocycles. The van der Waals surface area contributed by atoms with Crippen LogP contribution >= 0.6 is 0 Å². The molecule has 0 spiro atoms. The van der Waals surface area contributed by atoms with Crippen LogP contribution in [0.15, 0.2) is 12.3 Å². The zero-order chi connectivity index (χ0) is 8.27. The standard InChI is InChI=1S/C9H16N2/c1-4-5-8(2)11-9(3)6-7-10-11/h6-8H,4-5H2,1-3H3. The zero-order valence-electron chi connectivity index (χ0n) is 7.54. The minimum absolute atomic E-state index is 0.551. The lowest BCUT2D eigenvalue weighted by molar-refractivity contribution is 0.446. The lowest BCUT2D eigenvalue weighted by Crippen LogP contribution is -2.07. The molecule has 1 rings (SSSR count). The fraction of sp³-hybridized carbons (Fsp3) is 0.667. The van der Waals surface area contributed by atoms with E-state index in [1.54, 1.807) is 0 Å². The Morgan fingerprint density at radius 1 is 1.64 bits per heavy atom. The summed E-state index contributed by atoms with van der Waals surface area (Å²) in [6.45, 7) is 6.51. The number of rotatable bonds is 3. The first kappa shape index (κ1) is 8.31. The number of hydrogen-bond acceptors (Lipinski definition) is 1. The van der Waals surface area contributed by atoms with Gasteiger partial charge in [0.25, 0.3) is 0 Å². The van der Waals surface area contributed by atoms with Crippen molar-refractivity contribution in [2.24, 2.45) is 0 Å². The SMILES string of the molecule is CCCC(C)n1nccc1C. The highest BCUT2D eigenvalue weighted by Crippen LogP contribution is 2.13. The van der Waals surface area contributed by atoms with Gasteiger partial charge in [0.05, 0.1) is 0 Å². The van der Waals surface area contributed by atoms with Crippen molar-refractivity contribution in [2.45, 2.75) is 39.7 Å². The predicted octanol–water partition coefficient (Wildman–Crippen LogP) is 2.55. The van der Waals surface area contributed by atoms with Crippen molar-refractivity contribution in [1.82, 2.24) is 9.78 Å². The van der Waals surface area contributed by atoms with Crippen LogP contribution in [0.1, 0.15) is 38.4 Å². The second-order valence-corrected chi connectivity index (χ2v) is 3.05. The Morgan fingerprint density at radius 2 is 2.36 bits per heavy atom. The van der Waals surface area contributed by atoms with Gasteiger partial charge >= 0.3 is 0 Å². The lowest BCUT2D eigenvalue weighted by atomic mass is 10.2. The third kappa shape index (κ3) is 1.82. The van der Waals surface area contributed by atoms with E-state index in [1.165, 1.54) is 18.5 Å². The number of hydrogen-bond donors (Lipinski definition) is 0. The first-order valence-electron chi connectivity index (χ1n) is 4.25. The van der Waals surface area contributed by atoms with Gasteiger partial charge in [-0.1, -0.05) is 13.3 Å². The summed E-state index contributed by atoms with van der Waals surface area (Å²) in [6.07, 6.45) is 4.30. The summed E-state index contributed by atoms with van der Waals surface area (Å²) in [4.78, 5) is 0. The molecule has 0 aliphatic carbocycles. The molecule has 0 N–H and O–H groups in total. The van der Waals surface area contributed by atoms with Crippen LogP contribution < -0.4 is 0 Å². The van der Waals surface area contributed by atoms with Gasteiger partial charge in [0.1, 0.15) is 0 Å². The third-order valence-electron chi connectivity index (χ3n) is 1.99. The van der Waals surface area contributed by atoms with E-state index in [1.807, 2.05) is 12.3 Å². The topological polar surface area (TPSA) is 17.8 Å². The largest absolute Gasteiger partial charge is 0.267 e. The molecule has 0 radical (unpaired) electrons. The van der Waals surface area contributed by atoms with Crippen LogP contribution in [0.5, 0.6) is 0 Å². The van der Waals surface area contributed by atoms with Crippen LogP contribution in [0.3, 0.4) is 0 Å². The molecule has 0 aromatic carbocycles. The first-order valence-corrected chi connectivity index (χ1v) is 4.25. The average molecular weight is 152 g/mol. The van der Waals surface area contributed by atoms with E-state index >= 15 is 0 Å². The summed E-state index contributed by atoms with van der Waals surface area (Å²) in [5, 5.41) is 4.25. The van der Waals surface area contributed by atoms with Crippen molar-refractivity contribution >= 4 is 0 Å². The fourth-order valence-electron chi connectivity index (χ4n) is 1.38. The molecule has 0 saturated heterocycles. The molecule has 0 saturated carbocycles. The van der Waals surface area contributed by atoms with E-state index < -0.39 is 0 Å². The first-order chi connectivity index (χ1) is 5.25. The Morgan fingerprint density at radius 3 is 2.82 bits per heavy atom. The van der Waals surface area contributed by atoms with E-state index in [0.29, 0.717) is 6.04 Å². The van der Waals surface area contributed by atoms with Gasteiger partial charge in [-0.05, 0) is 26.3 Å². The predicted molar refractivity (Wildman–Crippen MR) is 46.6 cm³/mol. The van der Waals surface area contributed by atoms with Crippen molar-refractivity contribution in [3.63, 3.8) is 0 Å². The zero-order valence-corrected chi connectivity index (χ0v) is 7.54. The minimum atomic E-state index is 0.551. The van der Waals surface area contributed by atoms with Gasteiger partial charge in [-0.2, -0.15) is 5.10 Å². The lowest BCUT2D eigenvalue weighted by Gasteiger charge is -2.12. The van der Waals surface area contributed by atoms with Crippen LogP contribution in [0, 0.1) is 6.92 Å². The highest BCUT2D eigenvalue weighted by atomic mass is 15.3. The van der Waals surface area contributed by atoms with Gasteiger partial charge in [-0.15, -0.1) is 0 Å². The maximum atomic E-state index is 4.25. The van der Waals surface area contributed by atoms with E-state index in [-0.39, 0.29) is 0 Å². The molecule has 0 amide bonds. The van der Waals surface area contributed by atoms with Crippen LogP contribution in [0.25, 0.3) is 0 Å². The molecule has 2 nitrogen and oxygen atoms in total. The summed E-state index contributed by atoms with van der Waals surface area (Å²) in [5.41, 5.74) is 1.26. The van der Waals surface area contributed by atoms with E-state index in [9.17, 15) is 0 Å². The van der Waals surface area contributed by atoms with E-state index in [2.05, 4.69) is 30.6 Å². The quantitative estimate of drug-likeness (QED) is 0.650. The highest BCUT2D eigenvalue weighted by molar-refractivity contribution is 4.97. The Hall–Kier alpha value is -0.790. The second kappa shape index (κ2) is 3.56. The summed E-state index contributed by atoms with van der Waals surface area (Å²) < 4.78 is 2.09. The van der Waals surface area contributed by atoms with Crippen molar-refractivity contribution in [3.05, 3.63) is 18.0 Å². The monoisotopic (exact) mass is 152 g/mol. The smallest absolute Gasteiger partial charge is 0.0494 e. The Balaban J connectivity index is 2.67. The van der Waals surface area contributed by atoms with Gasteiger partial charge in [-0.25, -0.2) is 0 Å². The molecule has 0 aliphatic heterocycles. The number of nitrogens with zero attached hydrogens (tertiary/aromatic N) is 2. The van der Waals surface area contributed by atoms with Crippen LogP contribution in [-0.4, -0.2) is 9.78 Å². The molecule has 1 atom stereocenters. The molecule has 1 aromatic heterocycles. The number of aromatic nitrogens is 2. The summed E-state index contributed by atoms with van der Waals surface area (Å²) in [6, 6.07) is 2.60. The molecule has 11 heavy (non-hydrogen) atoms. The average Bonchev–Trinajstić information content (AvgIpc) is 2.36. The van der Waals surface area contributed by atoms with E-state index in [4.69, 9.17) is 0 Å². The molecule has 0 aliphatic rings. The van der Waals surface area contributed by atoms with E-state index in [0.717, 1.165) is 0 Å². The Kier molecular flexibility index (Phi) is 2.69. The van der Waals surface area contributed by atoms with Crippen LogP contribution in [0.2, 0.25) is 0 Å². The minimum Gasteiger partial charge on any atom is -0.267 e. The molecule has 0 fully saturated rings. The van der Waals surface area contributed by atoms with Gasteiger partial charge in [0, 0.05) is 17.9 Å². The second-order valence-electron chi connectivity index (χ2n) is 3.05. The van der Waals surface area contributed by atoms with Crippen molar-refractivity contribution < 1.29 is 0 Å². The molecule has 0 bridgehead atoms. The summed E-state index contributed by atoms with van der Waals surface area (Å²) in [5.74, 6) is 0. The Bertz CT molecular complexity index is 215. The maximum Gasteiger partial charge on any atom is 0.0494 e. The van der Waals surface area contributed by atoms with Gasteiger partial charge < -0.3 is 0 Å². The molecule has 1 unspecified atom stereocenters. The maximum absolute atomic E-state index is 4.25. The Labute approximate surface area is 68.2 Å². The molecule has 2 heteroatoms. The highest BCUT2D eigenvalue weighted by Gasteiger charge is 2.04. The van der Waals surface area contributed by atoms with Gasteiger partial charge in [0.2, 0.25) is 0 Å². The van der Waals surface area contributed by atoms with Crippen molar-refractivity contribution in [2.75, 3.05) is 0 Å². The summed E-state index contributed by atoms with van der Waals surface area (Å²) in [7, 11) is 0.